The number of nitrogens with two attached hydrogens (primary N) is 1. The standard InChI is InChI=1S/C10H9NO4S.K/c11-7-4-5-9(16(13,14)15)6-2-1-3-8(12)10(6)7;/h1-5,12H,11H2,(H,13,14,15);. The number of hydrogen-bond donors (Lipinski definition) is 3. The first-order chi connectivity index (χ1) is 7.41. The van der Waals surface area contributed by atoms with E-state index in [0.717, 1.165) is 0 Å². The zero-order valence-electron chi connectivity index (χ0n) is 9.08. The van der Waals surface area contributed by atoms with Crippen molar-refractivity contribution in [1.82, 2.24) is 0 Å². The molecule has 0 aliphatic carbocycles. The van der Waals surface area contributed by atoms with Crippen LogP contribution in [0.5, 0.6) is 5.75 Å². The van der Waals surface area contributed by atoms with Crippen molar-refractivity contribution in [1.29, 1.82) is 0 Å². The first-order valence-corrected chi connectivity index (χ1v) is 5.83. The van der Waals surface area contributed by atoms with E-state index in [2.05, 4.69) is 0 Å². The molecule has 2 aromatic carbocycles. The summed E-state index contributed by atoms with van der Waals surface area (Å²) in [5, 5.41) is 10.0. The first-order valence-electron chi connectivity index (χ1n) is 4.39. The third-order valence-corrected chi connectivity index (χ3v) is 3.20. The van der Waals surface area contributed by atoms with E-state index in [1.807, 2.05) is 0 Å². The van der Waals surface area contributed by atoms with Gasteiger partial charge in [0.15, 0.2) is 0 Å². The summed E-state index contributed by atoms with van der Waals surface area (Å²) < 4.78 is 31.2. The largest absolute Gasteiger partial charge is 0.507 e. The van der Waals surface area contributed by atoms with Crippen molar-refractivity contribution in [2.75, 3.05) is 5.73 Å². The van der Waals surface area contributed by atoms with Crippen molar-refractivity contribution >= 4 is 78.0 Å². The third kappa shape index (κ3) is 2.82. The molecule has 0 aromatic heterocycles. The molecule has 0 aliphatic rings. The van der Waals surface area contributed by atoms with Gasteiger partial charge in [-0.15, -0.1) is 0 Å². The van der Waals surface area contributed by atoms with Crippen molar-refractivity contribution < 1.29 is 18.1 Å². The maximum Gasteiger partial charge on any atom is 0.295 e. The summed E-state index contributed by atoms with van der Waals surface area (Å²) >= 11 is 0. The van der Waals surface area contributed by atoms with Crippen molar-refractivity contribution in [3.8, 4) is 5.75 Å². The number of benzene rings is 2. The number of rotatable bonds is 1. The second-order valence-corrected chi connectivity index (χ2v) is 4.72. The zero-order chi connectivity index (χ0) is 11.9. The molecule has 85 valence electrons. The number of fused-ring (bicyclic) bond motifs is 1. The molecule has 2 aromatic rings. The molecular weight excluding hydrogens is 269 g/mol. The fraction of sp³-hybridized carbons (Fsp3) is 0. The number of nitrogen functional groups attached to an aromatic ring is 1. The van der Waals surface area contributed by atoms with Gasteiger partial charge in [-0.1, -0.05) is 12.1 Å². The van der Waals surface area contributed by atoms with Crippen LogP contribution in [0.15, 0.2) is 35.2 Å². The van der Waals surface area contributed by atoms with E-state index in [1.54, 1.807) is 0 Å². The first kappa shape index (κ1) is 14.9. The minimum Gasteiger partial charge on any atom is -0.507 e. The molecule has 0 bridgehead atoms. The molecule has 0 heterocycles. The molecule has 0 atom stereocenters. The van der Waals surface area contributed by atoms with Gasteiger partial charge in [0.25, 0.3) is 10.1 Å². The second kappa shape index (κ2) is 5.23. The van der Waals surface area contributed by atoms with Crippen molar-refractivity contribution in [3.05, 3.63) is 30.3 Å². The van der Waals surface area contributed by atoms with E-state index >= 15 is 0 Å². The molecule has 4 N–H and O–H groups in total. The summed E-state index contributed by atoms with van der Waals surface area (Å²) in [7, 11) is -4.33. The van der Waals surface area contributed by atoms with E-state index in [4.69, 9.17) is 10.3 Å². The van der Waals surface area contributed by atoms with Crippen LogP contribution in [0.25, 0.3) is 10.8 Å². The molecule has 7 heteroatoms. The molecule has 17 heavy (non-hydrogen) atoms. The van der Waals surface area contributed by atoms with E-state index in [1.165, 1.54) is 30.3 Å². The smallest absolute Gasteiger partial charge is 0.295 e. The third-order valence-electron chi connectivity index (χ3n) is 2.29. The van der Waals surface area contributed by atoms with E-state index in [9.17, 15) is 13.5 Å². The monoisotopic (exact) mass is 278 g/mol. The van der Waals surface area contributed by atoms with Crippen LogP contribution >= 0.6 is 0 Å². The Bertz CT molecular complexity index is 661. The number of hydrogen-bond acceptors (Lipinski definition) is 4. The van der Waals surface area contributed by atoms with Crippen LogP contribution in [0.3, 0.4) is 0 Å². The minimum atomic E-state index is -4.33. The molecule has 0 unspecified atom stereocenters. The Hall–Kier alpha value is -0.154. The van der Waals surface area contributed by atoms with Gasteiger partial charge in [0, 0.05) is 67.8 Å². The van der Waals surface area contributed by atoms with Crippen LogP contribution in [0.2, 0.25) is 0 Å². The molecule has 0 spiro atoms. The Morgan fingerprint density at radius 2 is 1.76 bits per heavy atom. The fourth-order valence-corrected chi connectivity index (χ4v) is 2.30. The molecule has 0 aliphatic heterocycles. The molecule has 1 radical (unpaired) electrons. The Balaban J connectivity index is 0.00000144. The van der Waals surface area contributed by atoms with Crippen LogP contribution in [0.4, 0.5) is 5.69 Å². The Kier molecular flexibility index (Phi) is 4.58. The van der Waals surface area contributed by atoms with Gasteiger partial charge in [-0.25, -0.2) is 0 Å². The molecule has 0 saturated carbocycles. The Morgan fingerprint density at radius 3 is 2.35 bits per heavy atom. The molecule has 2 rings (SSSR count). The van der Waals surface area contributed by atoms with Crippen LogP contribution in [0, 0.1) is 0 Å². The van der Waals surface area contributed by atoms with Gasteiger partial charge in [0.1, 0.15) is 10.6 Å². The minimum absolute atomic E-state index is 0. The van der Waals surface area contributed by atoms with E-state index in [0.29, 0.717) is 0 Å². The fourth-order valence-electron chi connectivity index (χ4n) is 1.61. The summed E-state index contributed by atoms with van der Waals surface area (Å²) in [5.41, 5.74) is 5.88. The van der Waals surface area contributed by atoms with E-state index < -0.39 is 10.1 Å². The maximum atomic E-state index is 11.1. The van der Waals surface area contributed by atoms with Crippen molar-refractivity contribution in [2.45, 2.75) is 4.90 Å². The van der Waals surface area contributed by atoms with E-state index in [-0.39, 0.29) is 78.5 Å². The van der Waals surface area contributed by atoms with Crippen LogP contribution in [0.1, 0.15) is 0 Å². The van der Waals surface area contributed by atoms with Crippen LogP contribution in [-0.4, -0.2) is 69.5 Å². The number of anilines is 1. The number of phenolic OH excluding ortho intramolecular Hbond substituents is 1. The summed E-state index contributed by atoms with van der Waals surface area (Å²) in [6.45, 7) is 0. The summed E-state index contributed by atoms with van der Waals surface area (Å²) in [6, 6.07) is 6.87. The Morgan fingerprint density at radius 1 is 1.12 bits per heavy atom. The van der Waals surface area contributed by atoms with Crippen LogP contribution in [-0.2, 0) is 10.1 Å². The average Bonchev–Trinajstić information content (AvgIpc) is 2.16. The SMILES string of the molecule is Nc1ccc(S(=O)(=O)O)c2cccc(O)c12.[K]. The van der Waals surface area contributed by atoms with Gasteiger partial charge in [-0.2, -0.15) is 8.42 Å². The van der Waals surface area contributed by atoms with Crippen molar-refractivity contribution in [2.24, 2.45) is 0 Å². The molecule has 0 saturated heterocycles. The van der Waals surface area contributed by atoms with Crippen molar-refractivity contribution in [3.63, 3.8) is 0 Å². The van der Waals surface area contributed by atoms with Gasteiger partial charge in [0.2, 0.25) is 0 Å². The summed E-state index contributed by atoms with van der Waals surface area (Å²) in [6.07, 6.45) is 0. The average molecular weight is 278 g/mol. The molecule has 0 fully saturated rings. The van der Waals surface area contributed by atoms with Gasteiger partial charge < -0.3 is 10.8 Å². The number of aromatic hydroxyl groups is 1. The molecule has 5 nitrogen and oxygen atoms in total. The summed E-state index contributed by atoms with van der Waals surface area (Å²) in [5.74, 6) is -0.125. The van der Waals surface area contributed by atoms with Gasteiger partial charge in [0.05, 0.1) is 0 Å². The predicted molar refractivity (Wildman–Crippen MR) is 65.6 cm³/mol. The quantitative estimate of drug-likeness (QED) is 0.410. The van der Waals surface area contributed by atoms with Crippen LogP contribution < -0.4 is 5.73 Å². The number of phenols is 1. The summed E-state index contributed by atoms with van der Waals surface area (Å²) in [4.78, 5) is -0.271. The molecular formula is C10H9KNO4S. The second-order valence-electron chi connectivity index (χ2n) is 3.33. The van der Waals surface area contributed by atoms with Gasteiger partial charge in [-0.05, 0) is 18.2 Å². The van der Waals surface area contributed by atoms with Gasteiger partial charge in [-0.3, -0.25) is 4.55 Å². The van der Waals surface area contributed by atoms with Gasteiger partial charge >= 0.3 is 0 Å². The topological polar surface area (TPSA) is 101 Å². The predicted octanol–water partition coefficient (Wildman–Crippen LogP) is 0.994. The normalized spacial score (nSPS) is 11.1. The molecule has 0 amide bonds. The zero-order valence-corrected chi connectivity index (χ0v) is 13.0. The Labute approximate surface area is 141 Å². The maximum absolute atomic E-state index is 11.1.